The highest BCUT2D eigenvalue weighted by Crippen LogP contribution is 2.13. The fraction of sp³-hybridized carbons (Fsp3) is 0.0667. The number of benzene rings is 2. The van der Waals surface area contributed by atoms with Gasteiger partial charge in [-0.15, -0.1) is 0 Å². The molecule has 1 heterocycles. The van der Waals surface area contributed by atoms with Gasteiger partial charge in [0.2, 0.25) is 5.91 Å². The van der Waals surface area contributed by atoms with Crippen LogP contribution >= 0.6 is 0 Å². The number of para-hydroxylation sites is 2. The van der Waals surface area contributed by atoms with Crippen molar-refractivity contribution in [3.05, 3.63) is 59.9 Å². The van der Waals surface area contributed by atoms with Crippen molar-refractivity contribution in [1.29, 1.82) is 0 Å². The first kappa shape index (κ1) is 12.2. The zero-order valence-electron chi connectivity index (χ0n) is 10.8. The Hall–Kier alpha value is -2.82. The van der Waals surface area contributed by atoms with Crippen molar-refractivity contribution in [2.24, 2.45) is 5.73 Å². The normalized spacial score (nSPS) is 10.6. The molecule has 5 heteroatoms. The number of hydrogen-bond donors (Lipinski definition) is 3. The van der Waals surface area contributed by atoms with Crippen LogP contribution in [-0.2, 0) is 6.54 Å². The van der Waals surface area contributed by atoms with Gasteiger partial charge in [-0.2, -0.15) is 0 Å². The van der Waals surface area contributed by atoms with Gasteiger partial charge in [-0.1, -0.05) is 12.1 Å². The largest absolute Gasteiger partial charge is 0.378 e. The zero-order valence-corrected chi connectivity index (χ0v) is 10.8. The number of anilines is 1. The summed E-state index contributed by atoms with van der Waals surface area (Å²) in [4.78, 5) is 18.7. The van der Waals surface area contributed by atoms with Gasteiger partial charge in [0, 0.05) is 11.3 Å². The molecular formula is C15H14N4O. The minimum Gasteiger partial charge on any atom is -0.378 e. The molecule has 0 aliphatic rings. The maximum Gasteiger partial charge on any atom is 0.248 e. The van der Waals surface area contributed by atoms with E-state index in [9.17, 15) is 4.79 Å². The number of nitrogens with one attached hydrogen (secondary N) is 2. The van der Waals surface area contributed by atoms with Gasteiger partial charge in [-0.3, -0.25) is 4.79 Å². The van der Waals surface area contributed by atoms with Crippen LogP contribution in [0.3, 0.4) is 0 Å². The molecule has 0 radical (unpaired) electrons. The first-order valence-electron chi connectivity index (χ1n) is 6.30. The van der Waals surface area contributed by atoms with Crippen molar-refractivity contribution in [3.63, 3.8) is 0 Å². The Balaban J connectivity index is 1.71. The molecule has 1 amide bonds. The van der Waals surface area contributed by atoms with Crippen LogP contribution in [0.4, 0.5) is 5.69 Å². The Kier molecular flexibility index (Phi) is 3.09. The predicted octanol–water partition coefficient (Wildman–Crippen LogP) is 2.27. The molecular weight excluding hydrogens is 252 g/mol. The third kappa shape index (κ3) is 2.47. The van der Waals surface area contributed by atoms with Crippen LogP contribution in [0.5, 0.6) is 0 Å². The van der Waals surface area contributed by atoms with E-state index < -0.39 is 5.91 Å². The number of aromatic amines is 1. The highest BCUT2D eigenvalue weighted by Gasteiger charge is 2.02. The van der Waals surface area contributed by atoms with E-state index in [0.717, 1.165) is 22.5 Å². The average molecular weight is 266 g/mol. The summed E-state index contributed by atoms with van der Waals surface area (Å²) in [6.07, 6.45) is 0. The maximum absolute atomic E-state index is 11.0. The summed E-state index contributed by atoms with van der Waals surface area (Å²) in [5.41, 5.74) is 8.58. The third-order valence-electron chi connectivity index (χ3n) is 3.07. The van der Waals surface area contributed by atoms with E-state index in [1.165, 1.54) is 0 Å². The summed E-state index contributed by atoms with van der Waals surface area (Å²) < 4.78 is 0. The second kappa shape index (κ2) is 5.05. The Morgan fingerprint density at radius 2 is 1.90 bits per heavy atom. The van der Waals surface area contributed by atoms with Gasteiger partial charge in [-0.05, 0) is 36.4 Å². The predicted molar refractivity (Wildman–Crippen MR) is 78.4 cm³/mol. The molecule has 2 aromatic carbocycles. The van der Waals surface area contributed by atoms with Gasteiger partial charge in [0.05, 0.1) is 17.6 Å². The Bertz CT molecular complexity index is 713. The van der Waals surface area contributed by atoms with E-state index >= 15 is 0 Å². The monoisotopic (exact) mass is 266 g/mol. The molecule has 0 fully saturated rings. The van der Waals surface area contributed by atoms with Crippen molar-refractivity contribution < 1.29 is 4.79 Å². The van der Waals surface area contributed by atoms with Crippen LogP contribution in [-0.4, -0.2) is 15.9 Å². The summed E-state index contributed by atoms with van der Waals surface area (Å²) >= 11 is 0. The molecule has 0 saturated carbocycles. The van der Waals surface area contributed by atoms with Gasteiger partial charge >= 0.3 is 0 Å². The van der Waals surface area contributed by atoms with E-state index in [1.807, 2.05) is 36.4 Å². The van der Waals surface area contributed by atoms with Crippen molar-refractivity contribution in [2.75, 3.05) is 5.32 Å². The van der Waals surface area contributed by atoms with Gasteiger partial charge in [-0.25, -0.2) is 4.98 Å². The Labute approximate surface area is 115 Å². The number of nitrogens with two attached hydrogens (primary N) is 1. The molecule has 3 rings (SSSR count). The van der Waals surface area contributed by atoms with E-state index in [0.29, 0.717) is 12.1 Å². The number of fused-ring (bicyclic) bond motifs is 1. The fourth-order valence-electron chi connectivity index (χ4n) is 2.03. The smallest absolute Gasteiger partial charge is 0.248 e. The molecule has 4 N–H and O–H groups in total. The molecule has 0 spiro atoms. The zero-order chi connectivity index (χ0) is 13.9. The Morgan fingerprint density at radius 3 is 2.60 bits per heavy atom. The van der Waals surface area contributed by atoms with E-state index in [-0.39, 0.29) is 0 Å². The van der Waals surface area contributed by atoms with Crippen LogP contribution < -0.4 is 11.1 Å². The minimum absolute atomic E-state index is 0.422. The van der Waals surface area contributed by atoms with E-state index in [1.54, 1.807) is 12.1 Å². The SMILES string of the molecule is NC(=O)c1ccc(NCc2nc3ccccc3[nH]2)cc1. The van der Waals surface area contributed by atoms with Crippen LogP contribution in [0.15, 0.2) is 48.5 Å². The molecule has 3 aromatic rings. The van der Waals surface area contributed by atoms with Crippen LogP contribution in [0.1, 0.15) is 16.2 Å². The minimum atomic E-state index is -0.422. The van der Waals surface area contributed by atoms with Gasteiger partial charge < -0.3 is 16.0 Å². The standard InChI is InChI=1S/C15H14N4O/c16-15(20)10-5-7-11(8-6-10)17-9-14-18-12-3-1-2-4-13(12)19-14/h1-8,17H,9H2,(H2,16,20)(H,18,19). The first-order chi connectivity index (χ1) is 9.72. The molecule has 20 heavy (non-hydrogen) atoms. The molecule has 1 aromatic heterocycles. The highest BCUT2D eigenvalue weighted by molar-refractivity contribution is 5.93. The number of amides is 1. The molecule has 100 valence electrons. The summed E-state index contributed by atoms with van der Waals surface area (Å²) in [5, 5.41) is 3.24. The number of nitrogens with zero attached hydrogens (tertiary/aromatic N) is 1. The molecule has 0 bridgehead atoms. The lowest BCUT2D eigenvalue weighted by Gasteiger charge is -2.04. The van der Waals surface area contributed by atoms with Crippen LogP contribution in [0, 0.1) is 0 Å². The topological polar surface area (TPSA) is 83.8 Å². The lowest BCUT2D eigenvalue weighted by atomic mass is 10.2. The number of carbonyl (C=O) groups excluding carboxylic acids is 1. The maximum atomic E-state index is 11.0. The van der Waals surface area contributed by atoms with Crippen LogP contribution in [0.25, 0.3) is 11.0 Å². The lowest BCUT2D eigenvalue weighted by molar-refractivity contribution is 0.100. The number of rotatable bonds is 4. The second-order valence-electron chi connectivity index (χ2n) is 4.50. The molecule has 0 saturated heterocycles. The van der Waals surface area contributed by atoms with Crippen molar-refractivity contribution >= 4 is 22.6 Å². The summed E-state index contributed by atoms with van der Waals surface area (Å²) in [5.74, 6) is 0.444. The number of imidazole rings is 1. The number of carbonyl (C=O) groups is 1. The highest BCUT2D eigenvalue weighted by atomic mass is 16.1. The quantitative estimate of drug-likeness (QED) is 0.677. The summed E-state index contributed by atoms with van der Waals surface area (Å²) in [7, 11) is 0. The number of primary amides is 1. The second-order valence-corrected chi connectivity index (χ2v) is 4.50. The number of aromatic nitrogens is 2. The van der Waals surface area contributed by atoms with Gasteiger partial charge in [0.25, 0.3) is 0 Å². The van der Waals surface area contributed by atoms with Crippen molar-refractivity contribution in [3.8, 4) is 0 Å². The molecule has 0 aliphatic carbocycles. The number of hydrogen-bond acceptors (Lipinski definition) is 3. The van der Waals surface area contributed by atoms with Gasteiger partial charge in [0.1, 0.15) is 5.82 Å². The molecule has 0 aliphatic heterocycles. The van der Waals surface area contributed by atoms with E-state index in [2.05, 4.69) is 15.3 Å². The van der Waals surface area contributed by atoms with E-state index in [4.69, 9.17) is 5.73 Å². The molecule has 5 nitrogen and oxygen atoms in total. The summed E-state index contributed by atoms with van der Waals surface area (Å²) in [6.45, 7) is 0.588. The van der Waals surface area contributed by atoms with Crippen molar-refractivity contribution in [2.45, 2.75) is 6.54 Å². The number of H-pyrrole nitrogens is 1. The first-order valence-corrected chi connectivity index (χ1v) is 6.30. The van der Waals surface area contributed by atoms with Gasteiger partial charge in [0.15, 0.2) is 0 Å². The molecule has 0 unspecified atom stereocenters. The van der Waals surface area contributed by atoms with Crippen molar-refractivity contribution in [1.82, 2.24) is 9.97 Å². The third-order valence-corrected chi connectivity index (χ3v) is 3.07. The fourth-order valence-corrected chi connectivity index (χ4v) is 2.03. The summed E-state index contributed by atoms with van der Waals surface area (Å²) in [6, 6.07) is 14.9. The van der Waals surface area contributed by atoms with Crippen LogP contribution in [0.2, 0.25) is 0 Å². The molecule has 0 atom stereocenters. The average Bonchev–Trinajstić information content (AvgIpc) is 2.88. The lowest BCUT2D eigenvalue weighted by Crippen LogP contribution is -2.10. The Morgan fingerprint density at radius 1 is 1.15 bits per heavy atom.